The van der Waals surface area contributed by atoms with Gasteiger partial charge in [-0.25, -0.2) is 9.59 Å². The summed E-state index contributed by atoms with van der Waals surface area (Å²) in [6, 6.07) is 1.19. The van der Waals surface area contributed by atoms with Gasteiger partial charge in [0.15, 0.2) is 0 Å². The molecule has 0 atom stereocenters. The van der Waals surface area contributed by atoms with Crippen molar-refractivity contribution in [2.75, 3.05) is 18.4 Å². The number of hydrogen-bond acceptors (Lipinski definition) is 3. The van der Waals surface area contributed by atoms with Crippen molar-refractivity contribution < 1.29 is 19.5 Å². The minimum Gasteiger partial charge on any atom is -0.477 e. The number of hydrogen-bond donors (Lipinski definition) is 4. The van der Waals surface area contributed by atoms with Gasteiger partial charge in [-0.15, -0.1) is 0 Å². The number of aromatic amines is 1. The van der Waals surface area contributed by atoms with Crippen LogP contribution in [0.5, 0.6) is 0 Å². The molecule has 21 heavy (non-hydrogen) atoms. The fourth-order valence-corrected chi connectivity index (χ4v) is 2.42. The van der Waals surface area contributed by atoms with Crippen molar-refractivity contribution in [3.8, 4) is 0 Å². The maximum Gasteiger partial charge on any atom is 0.354 e. The Hall–Kier alpha value is -2.51. The van der Waals surface area contributed by atoms with Gasteiger partial charge in [0.2, 0.25) is 5.91 Å². The summed E-state index contributed by atoms with van der Waals surface area (Å²) in [7, 11) is 0. The standard InChI is InChI=1S/C13H18N4O4/c1-7-6-9(10(15-7)12(19)20)16-13(21)17-4-2-8(3-5-17)11(14)18/h6,8,15H,2-5H2,1H3,(H2,14,18)(H,16,21)(H,19,20). The van der Waals surface area contributed by atoms with Crippen molar-refractivity contribution in [1.82, 2.24) is 9.88 Å². The van der Waals surface area contributed by atoms with Crippen LogP contribution >= 0.6 is 0 Å². The minimum atomic E-state index is -1.13. The summed E-state index contributed by atoms with van der Waals surface area (Å²) < 4.78 is 0. The largest absolute Gasteiger partial charge is 0.477 e. The van der Waals surface area contributed by atoms with E-state index < -0.39 is 5.97 Å². The highest BCUT2D eigenvalue weighted by atomic mass is 16.4. The first-order valence-electron chi connectivity index (χ1n) is 6.66. The monoisotopic (exact) mass is 294 g/mol. The predicted molar refractivity (Wildman–Crippen MR) is 75.0 cm³/mol. The van der Waals surface area contributed by atoms with Crippen LogP contribution in [0.15, 0.2) is 6.07 Å². The van der Waals surface area contributed by atoms with Crippen LogP contribution in [0, 0.1) is 12.8 Å². The van der Waals surface area contributed by atoms with E-state index in [9.17, 15) is 14.4 Å². The highest BCUT2D eigenvalue weighted by Gasteiger charge is 2.26. The van der Waals surface area contributed by atoms with Crippen LogP contribution in [0.2, 0.25) is 0 Å². The van der Waals surface area contributed by atoms with Gasteiger partial charge >= 0.3 is 12.0 Å². The molecule has 8 heteroatoms. The Balaban J connectivity index is 2.00. The molecule has 5 N–H and O–H groups in total. The SMILES string of the molecule is Cc1cc(NC(=O)N2CCC(C(N)=O)CC2)c(C(=O)O)[nH]1. The Labute approximate surface area is 121 Å². The molecule has 3 amide bonds. The summed E-state index contributed by atoms with van der Waals surface area (Å²) in [5.74, 6) is -1.67. The lowest BCUT2D eigenvalue weighted by atomic mass is 9.96. The minimum absolute atomic E-state index is 0.0483. The van der Waals surface area contributed by atoms with Gasteiger partial charge < -0.3 is 26.0 Å². The van der Waals surface area contributed by atoms with E-state index in [2.05, 4.69) is 10.3 Å². The van der Waals surface area contributed by atoms with E-state index in [1.54, 1.807) is 17.9 Å². The first-order chi connectivity index (χ1) is 9.88. The number of aryl methyl sites for hydroxylation is 1. The van der Waals surface area contributed by atoms with Gasteiger partial charge in [0.1, 0.15) is 5.69 Å². The number of nitrogens with one attached hydrogen (secondary N) is 2. The number of amides is 3. The molecule has 0 unspecified atom stereocenters. The molecule has 0 aromatic carbocycles. The van der Waals surface area contributed by atoms with Gasteiger partial charge in [0, 0.05) is 24.7 Å². The molecule has 2 rings (SSSR count). The summed E-state index contributed by atoms with van der Waals surface area (Å²) in [4.78, 5) is 38.5. The predicted octanol–water partition coefficient (Wildman–Crippen LogP) is 0.751. The van der Waals surface area contributed by atoms with Crippen LogP contribution < -0.4 is 11.1 Å². The molecule has 1 aliphatic rings. The van der Waals surface area contributed by atoms with E-state index in [-0.39, 0.29) is 29.2 Å². The normalized spacial score (nSPS) is 15.8. The van der Waals surface area contributed by atoms with Crippen LogP contribution in [-0.4, -0.2) is 46.0 Å². The van der Waals surface area contributed by atoms with E-state index >= 15 is 0 Å². The molecule has 0 radical (unpaired) electrons. The number of rotatable bonds is 3. The van der Waals surface area contributed by atoms with Crippen molar-refractivity contribution in [3.05, 3.63) is 17.5 Å². The number of aromatic nitrogens is 1. The van der Waals surface area contributed by atoms with Gasteiger partial charge in [-0.2, -0.15) is 0 Å². The van der Waals surface area contributed by atoms with Crippen molar-refractivity contribution >= 4 is 23.6 Å². The summed E-state index contributed by atoms with van der Waals surface area (Å²) in [6.07, 6.45) is 1.06. The van der Waals surface area contributed by atoms with Crippen LogP contribution in [-0.2, 0) is 4.79 Å². The Morgan fingerprint density at radius 1 is 1.38 bits per heavy atom. The molecule has 0 aliphatic carbocycles. The maximum absolute atomic E-state index is 12.1. The number of primary amides is 1. The number of H-pyrrole nitrogens is 1. The molecule has 1 aliphatic heterocycles. The zero-order valence-electron chi connectivity index (χ0n) is 11.7. The second kappa shape index (κ2) is 5.86. The first kappa shape index (κ1) is 14.9. The van der Waals surface area contributed by atoms with Gasteiger partial charge in [-0.05, 0) is 25.8 Å². The molecule has 8 nitrogen and oxygen atoms in total. The number of piperidine rings is 1. The number of carboxylic acid groups (broad SMARTS) is 1. The average molecular weight is 294 g/mol. The molecule has 114 valence electrons. The summed E-state index contributed by atoms with van der Waals surface area (Å²) in [5.41, 5.74) is 6.08. The molecule has 1 saturated heterocycles. The quantitative estimate of drug-likeness (QED) is 0.655. The van der Waals surface area contributed by atoms with E-state index in [1.165, 1.54) is 0 Å². The van der Waals surface area contributed by atoms with Crippen LogP contribution in [0.4, 0.5) is 10.5 Å². The molecule has 0 saturated carbocycles. The maximum atomic E-state index is 12.1. The number of carbonyl (C=O) groups is 3. The van der Waals surface area contributed by atoms with E-state index in [0.717, 1.165) is 0 Å². The third-order valence-electron chi connectivity index (χ3n) is 3.59. The molecule has 0 spiro atoms. The van der Waals surface area contributed by atoms with E-state index in [0.29, 0.717) is 31.6 Å². The lowest BCUT2D eigenvalue weighted by molar-refractivity contribution is -0.122. The number of carbonyl (C=O) groups excluding carboxylic acids is 2. The molecule has 1 aromatic rings. The molecule has 1 aromatic heterocycles. The van der Waals surface area contributed by atoms with Crippen molar-refractivity contribution in [2.45, 2.75) is 19.8 Å². The Kier molecular flexibility index (Phi) is 4.15. The Morgan fingerprint density at radius 2 is 2.00 bits per heavy atom. The number of urea groups is 1. The summed E-state index contributed by atoms with van der Waals surface area (Å²) in [6.45, 7) is 2.55. The molecule has 1 fully saturated rings. The summed E-state index contributed by atoms with van der Waals surface area (Å²) >= 11 is 0. The fraction of sp³-hybridized carbons (Fsp3) is 0.462. The van der Waals surface area contributed by atoms with E-state index in [1.807, 2.05) is 0 Å². The Morgan fingerprint density at radius 3 is 2.52 bits per heavy atom. The van der Waals surface area contributed by atoms with Crippen LogP contribution in [0.1, 0.15) is 29.0 Å². The van der Waals surface area contributed by atoms with Crippen molar-refractivity contribution in [3.63, 3.8) is 0 Å². The van der Waals surface area contributed by atoms with Crippen LogP contribution in [0.3, 0.4) is 0 Å². The zero-order valence-corrected chi connectivity index (χ0v) is 11.7. The topological polar surface area (TPSA) is 129 Å². The van der Waals surface area contributed by atoms with Gasteiger partial charge in [0.05, 0.1) is 5.69 Å². The highest BCUT2D eigenvalue weighted by molar-refractivity contribution is 5.99. The number of nitrogens with two attached hydrogens (primary N) is 1. The smallest absolute Gasteiger partial charge is 0.354 e. The second-order valence-corrected chi connectivity index (χ2v) is 5.14. The molecular formula is C13H18N4O4. The first-order valence-corrected chi connectivity index (χ1v) is 6.66. The molecule has 2 heterocycles. The number of aromatic carboxylic acids is 1. The van der Waals surface area contributed by atoms with E-state index in [4.69, 9.17) is 10.8 Å². The molecule has 0 bridgehead atoms. The van der Waals surface area contributed by atoms with Gasteiger partial charge in [-0.1, -0.05) is 0 Å². The van der Waals surface area contributed by atoms with Gasteiger partial charge in [-0.3, -0.25) is 4.79 Å². The van der Waals surface area contributed by atoms with Gasteiger partial charge in [0.25, 0.3) is 0 Å². The average Bonchev–Trinajstić information content (AvgIpc) is 2.80. The van der Waals surface area contributed by atoms with Crippen molar-refractivity contribution in [2.24, 2.45) is 11.7 Å². The number of anilines is 1. The van der Waals surface area contributed by atoms with Crippen molar-refractivity contribution in [1.29, 1.82) is 0 Å². The summed E-state index contributed by atoms with van der Waals surface area (Å²) in [5, 5.41) is 11.6. The third kappa shape index (κ3) is 3.33. The fourth-order valence-electron chi connectivity index (χ4n) is 2.42. The lowest BCUT2D eigenvalue weighted by Gasteiger charge is -2.30. The number of nitrogens with zero attached hydrogens (tertiary/aromatic N) is 1. The third-order valence-corrected chi connectivity index (χ3v) is 3.59. The van der Waals surface area contributed by atoms with Crippen LogP contribution in [0.25, 0.3) is 0 Å². The second-order valence-electron chi connectivity index (χ2n) is 5.14. The Bertz CT molecular complexity index is 573. The number of likely N-dealkylation sites (tertiary alicyclic amines) is 1. The lowest BCUT2D eigenvalue weighted by Crippen LogP contribution is -2.43. The highest BCUT2D eigenvalue weighted by Crippen LogP contribution is 2.20. The number of carboxylic acids is 1. The molecular weight excluding hydrogens is 276 g/mol. The zero-order chi connectivity index (χ0) is 15.6.